The fourth-order valence-corrected chi connectivity index (χ4v) is 4.75. The van der Waals surface area contributed by atoms with E-state index in [2.05, 4.69) is 24.3 Å². The van der Waals surface area contributed by atoms with Gasteiger partial charge in [0.1, 0.15) is 6.61 Å². The molecule has 27 heavy (non-hydrogen) atoms. The Morgan fingerprint density at radius 2 is 1.56 bits per heavy atom. The third kappa shape index (κ3) is 2.82. The van der Waals surface area contributed by atoms with E-state index >= 15 is 0 Å². The first-order valence-electron chi connectivity index (χ1n) is 9.58. The van der Waals surface area contributed by atoms with Crippen LogP contribution in [0.1, 0.15) is 17.0 Å². The Bertz CT molecular complexity index is 807. The lowest BCUT2D eigenvalue weighted by molar-refractivity contribution is -0.119. The standard InChI is InChI=1S/C22H23NO4/c24-21-14-9-23(10-15(21)12-26-11-14)22(25)27-13-20-18-7-3-1-5-16(18)17-6-2-4-8-19(17)20/h1-8,14-15,20-21,24H,9-13H2/t14-,15+,21?. The summed E-state index contributed by atoms with van der Waals surface area (Å²) in [5.41, 5.74) is 4.88. The third-order valence-corrected chi connectivity index (χ3v) is 6.13. The number of rotatable bonds is 2. The van der Waals surface area contributed by atoms with Gasteiger partial charge in [-0.15, -0.1) is 0 Å². The van der Waals surface area contributed by atoms with E-state index in [1.54, 1.807) is 4.90 Å². The summed E-state index contributed by atoms with van der Waals surface area (Å²) in [6.07, 6.45) is -0.669. The Kier molecular flexibility index (Phi) is 4.14. The first-order valence-corrected chi connectivity index (χ1v) is 9.58. The second-order valence-electron chi connectivity index (χ2n) is 7.76. The van der Waals surface area contributed by atoms with E-state index in [-0.39, 0.29) is 30.0 Å². The number of ether oxygens (including phenoxy) is 2. The van der Waals surface area contributed by atoms with Crippen LogP contribution in [0.5, 0.6) is 0 Å². The third-order valence-electron chi connectivity index (χ3n) is 6.13. The summed E-state index contributed by atoms with van der Waals surface area (Å²) in [7, 11) is 0. The van der Waals surface area contributed by atoms with Crippen molar-refractivity contribution in [3.05, 3.63) is 59.7 Å². The molecule has 5 heteroatoms. The highest BCUT2D eigenvalue weighted by atomic mass is 16.6. The minimum Gasteiger partial charge on any atom is -0.448 e. The number of hydrogen-bond acceptors (Lipinski definition) is 4. The maximum Gasteiger partial charge on any atom is 0.409 e. The summed E-state index contributed by atoms with van der Waals surface area (Å²) < 4.78 is 11.3. The predicted octanol–water partition coefficient (Wildman–Crippen LogP) is 2.87. The number of benzene rings is 2. The fraction of sp³-hybridized carbons (Fsp3) is 0.409. The number of fused-ring (bicyclic) bond motifs is 5. The zero-order valence-corrected chi connectivity index (χ0v) is 15.1. The molecule has 1 aliphatic carbocycles. The van der Waals surface area contributed by atoms with Crippen molar-refractivity contribution >= 4 is 6.09 Å². The predicted molar refractivity (Wildman–Crippen MR) is 100 cm³/mol. The number of aliphatic hydroxyl groups is 1. The van der Waals surface area contributed by atoms with Gasteiger partial charge >= 0.3 is 6.09 Å². The van der Waals surface area contributed by atoms with Crippen LogP contribution in [0.3, 0.4) is 0 Å². The Balaban J connectivity index is 1.31. The van der Waals surface area contributed by atoms with Crippen LogP contribution in [0.2, 0.25) is 0 Å². The fourth-order valence-electron chi connectivity index (χ4n) is 4.75. The Morgan fingerprint density at radius 1 is 1.00 bits per heavy atom. The van der Waals surface area contributed by atoms with Crippen LogP contribution >= 0.6 is 0 Å². The van der Waals surface area contributed by atoms with Gasteiger partial charge < -0.3 is 19.5 Å². The zero-order chi connectivity index (χ0) is 18.4. The van der Waals surface area contributed by atoms with Gasteiger partial charge in [0, 0.05) is 30.8 Å². The quantitative estimate of drug-likeness (QED) is 0.889. The van der Waals surface area contributed by atoms with E-state index in [1.807, 2.05) is 24.3 Å². The van der Waals surface area contributed by atoms with Crippen LogP contribution in [-0.4, -0.2) is 55.1 Å². The molecule has 1 amide bonds. The molecule has 0 saturated carbocycles. The molecule has 2 heterocycles. The van der Waals surface area contributed by atoms with Gasteiger partial charge in [0.2, 0.25) is 0 Å². The van der Waals surface area contributed by atoms with E-state index in [1.165, 1.54) is 22.3 Å². The summed E-state index contributed by atoms with van der Waals surface area (Å²) in [5.74, 6) is 0.0375. The van der Waals surface area contributed by atoms with Crippen molar-refractivity contribution in [1.82, 2.24) is 4.90 Å². The molecule has 2 fully saturated rings. The molecule has 2 saturated heterocycles. The van der Waals surface area contributed by atoms with E-state index in [4.69, 9.17) is 9.47 Å². The highest BCUT2D eigenvalue weighted by molar-refractivity contribution is 5.79. The Hall–Kier alpha value is -2.37. The molecule has 0 spiro atoms. The van der Waals surface area contributed by atoms with E-state index in [0.29, 0.717) is 32.9 Å². The van der Waals surface area contributed by atoms with E-state index in [0.717, 1.165) is 0 Å². The van der Waals surface area contributed by atoms with Crippen LogP contribution in [0, 0.1) is 11.8 Å². The minimum absolute atomic E-state index is 0.0158. The first kappa shape index (κ1) is 16.8. The Morgan fingerprint density at radius 3 is 2.15 bits per heavy atom. The zero-order valence-electron chi connectivity index (χ0n) is 15.1. The molecule has 2 bridgehead atoms. The Labute approximate surface area is 158 Å². The van der Waals surface area contributed by atoms with Gasteiger partial charge in [0.25, 0.3) is 0 Å². The molecule has 0 radical (unpaired) electrons. The molecule has 5 nitrogen and oxygen atoms in total. The number of hydrogen-bond donors (Lipinski definition) is 1. The molecule has 2 aromatic carbocycles. The van der Waals surface area contributed by atoms with Gasteiger partial charge in [-0.2, -0.15) is 0 Å². The second kappa shape index (κ2) is 6.66. The molecular weight excluding hydrogens is 342 g/mol. The highest BCUT2D eigenvalue weighted by Gasteiger charge is 2.41. The number of piperidine rings is 1. The average molecular weight is 365 g/mol. The van der Waals surface area contributed by atoms with Crippen molar-refractivity contribution in [3.63, 3.8) is 0 Å². The number of amides is 1. The van der Waals surface area contributed by atoms with Crippen LogP contribution in [0.15, 0.2) is 48.5 Å². The summed E-state index contributed by atoms with van der Waals surface area (Å²) in [6, 6.07) is 16.7. The lowest BCUT2D eigenvalue weighted by Crippen LogP contribution is -2.56. The van der Waals surface area contributed by atoms with Crippen molar-refractivity contribution in [2.45, 2.75) is 12.0 Å². The molecule has 2 aliphatic heterocycles. The number of carbonyl (C=O) groups excluding carboxylic acids is 1. The molecule has 1 N–H and O–H groups in total. The van der Waals surface area contributed by atoms with Crippen LogP contribution in [0.4, 0.5) is 4.79 Å². The van der Waals surface area contributed by atoms with Crippen LogP contribution < -0.4 is 0 Å². The monoisotopic (exact) mass is 365 g/mol. The maximum absolute atomic E-state index is 12.7. The molecule has 0 aromatic heterocycles. The highest BCUT2D eigenvalue weighted by Crippen LogP contribution is 2.44. The summed E-state index contributed by atoms with van der Waals surface area (Å²) in [6.45, 7) is 2.33. The summed E-state index contributed by atoms with van der Waals surface area (Å²) >= 11 is 0. The van der Waals surface area contributed by atoms with E-state index in [9.17, 15) is 9.90 Å². The van der Waals surface area contributed by atoms with Gasteiger partial charge in [-0.1, -0.05) is 48.5 Å². The summed E-state index contributed by atoms with van der Waals surface area (Å²) in [4.78, 5) is 14.4. The number of likely N-dealkylation sites (tertiary alicyclic amines) is 1. The minimum atomic E-state index is -0.378. The average Bonchev–Trinajstić information content (AvgIpc) is 3.00. The van der Waals surface area contributed by atoms with Crippen molar-refractivity contribution in [1.29, 1.82) is 0 Å². The van der Waals surface area contributed by atoms with E-state index < -0.39 is 0 Å². The second-order valence-corrected chi connectivity index (χ2v) is 7.76. The topological polar surface area (TPSA) is 59.0 Å². The lowest BCUT2D eigenvalue weighted by atomic mass is 9.85. The largest absolute Gasteiger partial charge is 0.448 e. The lowest BCUT2D eigenvalue weighted by Gasteiger charge is -2.44. The summed E-state index contributed by atoms with van der Waals surface area (Å²) in [5, 5.41) is 10.3. The maximum atomic E-state index is 12.7. The molecule has 2 aromatic rings. The molecule has 140 valence electrons. The smallest absolute Gasteiger partial charge is 0.409 e. The first-order chi connectivity index (χ1) is 13.2. The number of carbonyl (C=O) groups is 1. The van der Waals surface area contributed by atoms with Gasteiger partial charge in [0.05, 0.1) is 19.3 Å². The van der Waals surface area contributed by atoms with Gasteiger partial charge in [-0.3, -0.25) is 0 Å². The van der Waals surface area contributed by atoms with Crippen LogP contribution in [0.25, 0.3) is 11.1 Å². The van der Waals surface area contributed by atoms with Crippen LogP contribution in [-0.2, 0) is 9.47 Å². The molecule has 1 unspecified atom stereocenters. The van der Waals surface area contributed by atoms with Crippen molar-refractivity contribution in [2.75, 3.05) is 32.9 Å². The van der Waals surface area contributed by atoms with Gasteiger partial charge in [0.15, 0.2) is 0 Å². The molecular formula is C22H23NO4. The molecule has 3 aliphatic rings. The van der Waals surface area contributed by atoms with Crippen molar-refractivity contribution in [3.8, 4) is 11.1 Å². The molecule has 5 rings (SSSR count). The number of nitrogens with zero attached hydrogens (tertiary/aromatic N) is 1. The SMILES string of the molecule is O=C(OCC1c2ccccc2-c2ccccc21)N1C[C@H]2COC[C@@H](C1)C2O. The number of aliphatic hydroxyl groups excluding tert-OH is 1. The van der Waals surface area contributed by atoms with Crippen molar-refractivity contribution < 1.29 is 19.4 Å². The van der Waals surface area contributed by atoms with Gasteiger partial charge in [-0.25, -0.2) is 4.79 Å². The van der Waals surface area contributed by atoms with Gasteiger partial charge in [-0.05, 0) is 22.3 Å². The normalized spacial score (nSPS) is 26.4. The molecule has 3 atom stereocenters. The van der Waals surface area contributed by atoms with Crippen molar-refractivity contribution in [2.24, 2.45) is 11.8 Å².